The van der Waals surface area contributed by atoms with Gasteiger partial charge in [0, 0.05) is 29.4 Å². The van der Waals surface area contributed by atoms with Crippen LogP contribution in [0.15, 0.2) is 32.7 Å². The molecule has 0 amide bonds. The van der Waals surface area contributed by atoms with Gasteiger partial charge in [-0.25, -0.2) is 0 Å². The number of aryl methyl sites for hydroxylation is 1. The fourth-order valence-corrected chi connectivity index (χ4v) is 2.85. The van der Waals surface area contributed by atoms with Gasteiger partial charge in [0.25, 0.3) is 5.22 Å². The Bertz CT molecular complexity index is 583. The Morgan fingerprint density at radius 1 is 1.42 bits per heavy atom. The van der Waals surface area contributed by atoms with Crippen LogP contribution >= 0.6 is 23.4 Å². The van der Waals surface area contributed by atoms with Crippen molar-refractivity contribution in [1.29, 1.82) is 0 Å². The van der Waals surface area contributed by atoms with Crippen molar-refractivity contribution in [3.05, 3.63) is 34.7 Å². The first kappa shape index (κ1) is 13.0. The van der Waals surface area contributed by atoms with E-state index in [2.05, 4.69) is 15.5 Å². The molecule has 2 aromatic rings. The summed E-state index contributed by atoms with van der Waals surface area (Å²) in [6.45, 7) is 2.63. The Morgan fingerprint density at radius 3 is 2.95 bits per heavy atom. The number of nitrogens with one attached hydrogen (secondary N) is 1. The van der Waals surface area contributed by atoms with Crippen LogP contribution in [0.1, 0.15) is 24.3 Å². The van der Waals surface area contributed by atoms with Crippen LogP contribution in [-0.4, -0.2) is 16.2 Å². The third-order valence-electron chi connectivity index (χ3n) is 2.89. The summed E-state index contributed by atoms with van der Waals surface area (Å²) in [5.74, 6) is 0.571. The summed E-state index contributed by atoms with van der Waals surface area (Å²) in [5.41, 5.74) is 1.21. The van der Waals surface area contributed by atoms with Crippen molar-refractivity contribution in [2.75, 3.05) is 0 Å². The van der Waals surface area contributed by atoms with Gasteiger partial charge in [-0.15, -0.1) is 10.2 Å². The molecule has 1 aromatic heterocycles. The molecule has 3 rings (SSSR count). The van der Waals surface area contributed by atoms with Gasteiger partial charge >= 0.3 is 0 Å². The third-order valence-corrected chi connectivity index (χ3v) is 4.07. The van der Waals surface area contributed by atoms with E-state index >= 15 is 0 Å². The highest BCUT2D eigenvalue weighted by atomic mass is 35.5. The molecule has 1 saturated carbocycles. The lowest BCUT2D eigenvalue weighted by Gasteiger charge is -2.08. The van der Waals surface area contributed by atoms with Crippen molar-refractivity contribution in [3.63, 3.8) is 0 Å². The molecule has 0 radical (unpaired) electrons. The van der Waals surface area contributed by atoms with E-state index in [0.29, 0.717) is 22.2 Å². The molecule has 1 fully saturated rings. The first-order valence-electron chi connectivity index (χ1n) is 6.20. The van der Waals surface area contributed by atoms with Gasteiger partial charge in [0.1, 0.15) is 0 Å². The lowest BCUT2D eigenvalue weighted by atomic mass is 10.2. The molecule has 4 nitrogen and oxygen atoms in total. The van der Waals surface area contributed by atoms with Gasteiger partial charge in [-0.05, 0) is 42.3 Å². The molecule has 1 heterocycles. The first-order chi connectivity index (χ1) is 9.20. The van der Waals surface area contributed by atoms with Crippen molar-refractivity contribution in [2.45, 2.75) is 42.5 Å². The number of benzene rings is 1. The Hall–Kier alpha value is -1.04. The molecule has 0 saturated heterocycles. The van der Waals surface area contributed by atoms with Crippen LogP contribution in [0, 0.1) is 6.92 Å². The highest BCUT2D eigenvalue weighted by molar-refractivity contribution is 7.99. The molecular formula is C13H14ClN3OS. The standard InChI is InChI=1S/C13H14ClN3OS/c1-8-16-17-13(18-8)19-12-6-10(14)3-2-9(12)7-15-11-4-5-11/h2-3,6,11,15H,4-5,7H2,1H3. The van der Waals surface area contributed by atoms with E-state index in [1.807, 2.05) is 18.2 Å². The normalized spacial score (nSPS) is 14.8. The molecule has 0 spiro atoms. The molecule has 0 unspecified atom stereocenters. The second-order valence-electron chi connectivity index (χ2n) is 4.60. The van der Waals surface area contributed by atoms with Crippen LogP contribution in [0.5, 0.6) is 0 Å². The molecule has 1 aliphatic rings. The zero-order valence-electron chi connectivity index (χ0n) is 10.5. The SMILES string of the molecule is Cc1nnc(Sc2cc(Cl)ccc2CNC2CC2)o1. The van der Waals surface area contributed by atoms with Gasteiger partial charge in [-0.2, -0.15) is 0 Å². The maximum atomic E-state index is 6.06. The largest absolute Gasteiger partial charge is 0.416 e. The fourth-order valence-electron chi connectivity index (χ4n) is 1.72. The van der Waals surface area contributed by atoms with Gasteiger partial charge < -0.3 is 9.73 Å². The van der Waals surface area contributed by atoms with Gasteiger partial charge in [-0.3, -0.25) is 0 Å². The Balaban J connectivity index is 1.78. The quantitative estimate of drug-likeness (QED) is 0.916. The second kappa shape index (κ2) is 5.53. The first-order valence-corrected chi connectivity index (χ1v) is 7.40. The monoisotopic (exact) mass is 295 g/mol. The molecule has 1 aliphatic carbocycles. The van der Waals surface area contributed by atoms with Crippen LogP contribution < -0.4 is 5.32 Å². The minimum absolute atomic E-state index is 0.549. The van der Waals surface area contributed by atoms with Crippen molar-refractivity contribution >= 4 is 23.4 Å². The van der Waals surface area contributed by atoms with Crippen LogP contribution in [0.3, 0.4) is 0 Å². The third kappa shape index (κ3) is 3.49. The van der Waals surface area contributed by atoms with E-state index in [4.69, 9.17) is 16.0 Å². The fraction of sp³-hybridized carbons (Fsp3) is 0.385. The molecule has 1 aromatic carbocycles. The van der Waals surface area contributed by atoms with E-state index in [1.165, 1.54) is 30.2 Å². The molecule has 0 atom stereocenters. The molecule has 0 bridgehead atoms. The number of halogens is 1. The van der Waals surface area contributed by atoms with E-state index in [9.17, 15) is 0 Å². The second-order valence-corrected chi connectivity index (χ2v) is 6.03. The smallest absolute Gasteiger partial charge is 0.281 e. The highest BCUT2D eigenvalue weighted by Crippen LogP contribution is 2.32. The van der Waals surface area contributed by atoms with Crippen LogP contribution in [0.2, 0.25) is 5.02 Å². The number of hydrogen-bond acceptors (Lipinski definition) is 5. The summed E-state index contributed by atoms with van der Waals surface area (Å²) in [7, 11) is 0. The van der Waals surface area contributed by atoms with Crippen molar-refractivity contribution in [1.82, 2.24) is 15.5 Å². The molecule has 0 aliphatic heterocycles. The minimum Gasteiger partial charge on any atom is -0.416 e. The molecule has 19 heavy (non-hydrogen) atoms. The Kier molecular flexibility index (Phi) is 3.77. The summed E-state index contributed by atoms with van der Waals surface area (Å²) in [4.78, 5) is 1.06. The lowest BCUT2D eigenvalue weighted by molar-refractivity contribution is 0.429. The lowest BCUT2D eigenvalue weighted by Crippen LogP contribution is -2.15. The number of rotatable bonds is 5. The van der Waals surface area contributed by atoms with Crippen molar-refractivity contribution < 1.29 is 4.42 Å². The van der Waals surface area contributed by atoms with E-state index in [-0.39, 0.29) is 0 Å². The summed E-state index contributed by atoms with van der Waals surface area (Å²) in [5, 5.41) is 12.6. The highest BCUT2D eigenvalue weighted by Gasteiger charge is 2.20. The summed E-state index contributed by atoms with van der Waals surface area (Å²) < 4.78 is 5.40. The maximum absolute atomic E-state index is 6.06. The topological polar surface area (TPSA) is 51.0 Å². The molecular weight excluding hydrogens is 282 g/mol. The number of hydrogen-bond donors (Lipinski definition) is 1. The predicted octanol–water partition coefficient (Wildman–Crippen LogP) is 3.43. The zero-order chi connectivity index (χ0) is 13.2. The van der Waals surface area contributed by atoms with Gasteiger partial charge in [0.2, 0.25) is 5.89 Å². The zero-order valence-corrected chi connectivity index (χ0v) is 12.1. The van der Waals surface area contributed by atoms with E-state index in [0.717, 1.165) is 11.4 Å². The molecule has 6 heteroatoms. The van der Waals surface area contributed by atoms with Crippen LogP contribution in [0.25, 0.3) is 0 Å². The summed E-state index contributed by atoms with van der Waals surface area (Å²) in [6, 6.07) is 6.58. The average Bonchev–Trinajstić information content (AvgIpc) is 3.12. The van der Waals surface area contributed by atoms with Gasteiger partial charge in [0.05, 0.1) is 0 Å². The van der Waals surface area contributed by atoms with E-state index in [1.54, 1.807) is 6.92 Å². The predicted molar refractivity (Wildman–Crippen MR) is 74.5 cm³/mol. The van der Waals surface area contributed by atoms with Crippen LogP contribution in [-0.2, 0) is 6.54 Å². The summed E-state index contributed by atoms with van der Waals surface area (Å²) >= 11 is 7.52. The Morgan fingerprint density at radius 2 is 2.26 bits per heavy atom. The van der Waals surface area contributed by atoms with E-state index < -0.39 is 0 Å². The molecule has 1 N–H and O–H groups in total. The number of nitrogens with zero attached hydrogens (tertiary/aromatic N) is 2. The van der Waals surface area contributed by atoms with Gasteiger partial charge in [-0.1, -0.05) is 17.7 Å². The minimum atomic E-state index is 0.549. The maximum Gasteiger partial charge on any atom is 0.281 e. The Labute approximate surface area is 120 Å². The van der Waals surface area contributed by atoms with Gasteiger partial charge in [0.15, 0.2) is 0 Å². The molecule has 100 valence electrons. The number of aromatic nitrogens is 2. The van der Waals surface area contributed by atoms with Crippen molar-refractivity contribution in [3.8, 4) is 0 Å². The van der Waals surface area contributed by atoms with Crippen molar-refractivity contribution in [2.24, 2.45) is 0 Å². The van der Waals surface area contributed by atoms with Crippen LogP contribution in [0.4, 0.5) is 0 Å². The summed E-state index contributed by atoms with van der Waals surface area (Å²) in [6.07, 6.45) is 2.55. The average molecular weight is 296 g/mol.